The van der Waals surface area contributed by atoms with Gasteiger partial charge in [-0.05, 0) is 12.1 Å². The van der Waals surface area contributed by atoms with E-state index in [4.69, 9.17) is 0 Å². The van der Waals surface area contributed by atoms with Gasteiger partial charge >= 0.3 is 0 Å². The Kier molecular flexibility index (Phi) is 3.30. The molecule has 4 heteroatoms. The standard InChI is InChI=1S/C10H12O3S/c1-9(13-2)14(11,12)8-10-6-4-3-5-7-10/h3-7H,1,8H2,2H3. The Hall–Kier alpha value is -1.29. The minimum atomic E-state index is -3.38. The molecule has 0 bridgehead atoms. The van der Waals surface area contributed by atoms with Crippen LogP contribution in [-0.2, 0) is 20.3 Å². The summed E-state index contributed by atoms with van der Waals surface area (Å²) in [5.41, 5.74) is 0.728. The van der Waals surface area contributed by atoms with E-state index < -0.39 is 9.84 Å². The van der Waals surface area contributed by atoms with Crippen LogP contribution in [0.5, 0.6) is 0 Å². The fourth-order valence-electron chi connectivity index (χ4n) is 1.00. The van der Waals surface area contributed by atoms with Crippen molar-refractivity contribution in [3.05, 3.63) is 47.6 Å². The smallest absolute Gasteiger partial charge is 0.214 e. The monoisotopic (exact) mass is 212 g/mol. The second-order valence-electron chi connectivity index (χ2n) is 2.82. The molecule has 0 saturated heterocycles. The lowest BCUT2D eigenvalue weighted by atomic mass is 10.2. The maximum absolute atomic E-state index is 11.5. The van der Waals surface area contributed by atoms with Crippen molar-refractivity contribution in [3.8, 4) is 0 Å². The Morgan fingerprint density at radius 2 is 1.93 bits per heavy atom. The number of methoxy groups -OCH3 is 1. The molecule has 3 nitrogen and oxygen atoms in total. The van der Waals surface area contributed by atoms with Gasteiger partial charge in [-0.25, -0.2) is 8.42 Å². The molecule has 0 aliphatic rings. The van der Waals surface area contributed by atoms with Crippen LogP contribution < -0.4 is 0 Å². The van der Waals surface area contributed by atoms with Crippen LogP contribution in [0, 0.1) is 0 Å². The molecule has 0 unspecified atom stereocenters. The predicted molar refractivity (Wildman–Crippen MR) is 55.2 cm³/mol. The molecule has 0 N–H and O–H groups in total. The largest absolute Gasteiger partial charge is 0.487 e. The molecule has 0 radical (unpaired) electrons. The SMILES string of the molecule is C=C(OC)S(=O)(=O)Cc1ccccc1. The highest BCUT2D eigenvalue weighted by molar-refractivity contribution is 7.94. The number of hydrogen-bond acceptors (Lipinski definition) is 3. The molecule has 0 spiro atoms. The Balaban J connectivity index is 2.85. The van der Waals surface area contributed by atoms with E-state index in [0.717, 1.165) is 5.56 Å². The summed E-state index contributed by atoms with van der Waals surface area (Å²) >= 11 is 0. The molecule has 76 valence electrons. The summed E-state index contributed by atoms with van der Waals surface area (Å²) in [6.07, 6.45) is 0. The van der Waals surface area contributed by atoms with Crippen LogP contribution in [0.3, 0.4) is 0 Å². The zero-order valence-corrected chi connectivity index (χ0v) is 8.75. The molecule has 1 rings (SSSR count). The van der Waals surface area contributed by atoms with Crippen molar-refractivity contribution in [1.82, 2.24) is 0 Å². The third-order valence-corrected chi connectivity index (χ3v) is 3.35. The van der Waals surface area contributed by atoms with E-state index in [1.54, 1.807) is 24.3 Å². The molecule has 1 aromatic rings. The topological polar surface area (TPSA) is 43.4 Å². The normalized spacial score (nSPS) is 10.9. The molecule has 0 aliphatic carbocycles. The average Bonchev–Trinajstić information content (AvgIpc) is 2.17. The Morgan fingerprint density at radius 3 is 2.43 bits per heavy atom. The third kappa shape index (κ3) is 2.60. The molecule has 14 heavy (non-hydrogen) atoms. The summed E-state index contributed by atoms with van der Waals surface area (Å²) < 4.78 is 27.6. The van der Waals surface area contributed by atoms with Crippen LogP contribution >= 0.6 is 0 Å². The first kappa shape index (κ1) is 10.8. The van der Waals surface area contributed by atoms with Crippen LogP contribution in [0.4, 0.5) is 0 Å². The number of hydrogen-bond donors (Lipinski definition) is 0. The van der Waals surface area contributed by atoms with E-state index in [1.165, 1.54) is 7.11 Å². The van der Waals surface area contributed by atoms with Crippen molar-refractivity contribution in [2.24, 2.45) is 0 Å². The van der Waals surface area contributed by atoms with E-state index in [1.807, 2.05) is 6.07 Å². The van der Waals surface area contributed by atoms with Gasteiger partial charge in [0.05, 0.1) is 12.9 Å². The van der Waals surface area contributed by atoms with Gasteiger partial charge in [-0.1, -0.05) is 30.3 Å². The van der Waals surface area contributed by atoms with E-state index in [2.05, 4.69) is 11.3 Å². The Labute approximate surface area is 83.9 Å². The molecule has 0 heterocycles. The maximum atomic E-state index is 11.5. The van der Waals surface area contributed by atoms with Gasteiger partial charge in [0.25, 0.3) is 0 Å². The van der Waals surface area contributed by atoms with Gasteiger partial charge < -0.3 is 4.74 Å². The highest BCUT2D eigenvalue weighted by Crippen LogP contribution is 2.12. The molecular weight excluding hydrogens is 200 g/mol. The van der Waals surface area contributed by atoms with E-state index in [-0.39, 0.29) is 10.8 Å². The van der Waals surface area contributed by atoms with Crippen molar-refractivity contribution in [2.75, 3.05) is 7.11 Å². The molecule has 0 aliphatic heterocycles. The average molecular weight is 212 g/mol. The lowest BCUT2D eigenvalue weighted by molar-refractivity contribution is 0.318. The molecule has 0 atom stereocenters. The number of ether oxygens (including phenoxy) is 1. The highest BCUT2D eigenvalue weighted by Gasteiger charge is 2.16. The highest BCUT2D eigenvalue weighted by atomic mass is 32.2. The van der Waals surface area contributed by atoms with Crippen LogP contribution in [0.15, 0.2) is 42.0 Å². The van der Waals surface area contributed by atoms with Crippen LogP contribution in [0.2, 0.25) is 0 Å². The molecule has 0 fully saturated rings. The second kappa shape index (κ2) is 4.28. The lowest BCUT2D eigenvalue weighted by Crippen LogP contribution is -2.07. The summed E-state index contributed by atoms with van der Waals surface area (Å²) in [6.45, 7) is 3.33. The Bertz CT molecular complexity index is 406. The van der Waals surface area contributed by atoms with Crippen LogP contribution in [-0.4, -0.2) is 15.5 Å². The van der Waals surface area contributed by atoms with Crippen LogP contribution in [0.1, 0.15) is 5.56 Å². The first-order chi connectivity index (χ1) is 6.56. The van der Waals surface area contributed by atoms with Crippen LogP contribution in [0.25, 0.3) is 0 Å². The second-order valence-corrected chi connectivity index (χ2v) is 4.79. The molecule has 1 aromatic carbocycles. The summed E-state index contributed by atoms with van der Waals surface area (Å²) in [4.78, 5) is 0. The fraction of sp³-hybridized carbons (Fsp3) is 0.200. The first-order valence-corrected chi connectivity index (χ1v) is 5.71. The predicted octanol–water partition coefficient (Wildman–Crippen LogP) is 1.72. The summed E-state index contributed by atoms with van der Waals surface area (Å²) in [7, 11) is -2.08. The van der Waals surface area contributed by atoms with Gasteiger partial charge in [0.2, 0.25) is 14.9 Å². The van der Waals surface area contributed by atoms with Crippen molar-refractivity contribution in [1.29, 1.82) is 0 Å². The van der Waals surface area contributed by atoms with Gasteiger partial charge in [0.1, 0.15) is 0 Å². The quantitative estimate of drug-likeness (QED) is 0.714. The summed E-state index contributed by atoms with van der Waals surface area (Å²) in [5.74, 6) is -0.0689. The lowest BCUT2D eigenvalue weighted by Gasteiger charge is -2.05. The molecule has 0 amide bonds. The number of rotatable bonds is 4. The maximum Gasteiger partial charge on any atom is 0.214 e. The fourth-order valence-corrected chi connectivity index (χ4v) is 2.05. The summed E-state index contributed by atoms with van der Waals surface area (Å²) in [5, 5.41) is -0.193. The van der Waals surface area contributed by atoms with Gasteiger partial charge in [0, 0.05) is 0 Å². The zero-order chi connectivity index (χ0) is 10.6. The summed E-state index contributed by atoms with van der Waals surface area (Å²) in [6, 6.07) is 8.92. The number of benzene rings is 1. The third-order valence-electron chi connectivity index (χ3n) is 1.77. The Morgan fingerprint density at radius 1 is 1.36 bits per heavy atom. The van der Waals surface area contributed by atoms with Gasteiger partial charge in [-0.2, -0.15) is 0 Å². The van der Waals surface area contributed by atoms with Crippen molar-refractivity contribution in [3.63, 3.8) is 0 Å². The van der Waals surface area contributed by atoms with E-state index in [9.17, 15) is 8.42 Å². The van der Waals surface area contributed by atoms with Gasteiger partial charge in [-0.3, -0.25) is 0 Å². The zero-order valence-electron chi connectivity index (χ0n) is 7.93. The van der Waals surface area contributed by atoms with Crippen molar-refractivity contribution >= 4 is 9.84 Å². The van der Waals surface area contributed by atoms with E-state index in [0.29, 0.717) is 0 Å². The number of sulfone groups is 1. The molecular formula is C10H12O3S. The van der Waals surface area contributed by atoms with E-state index >= 15 is 0 Å². The van der Waals surface area contributed by atoms with Crippen molar-refractivity contribution in [2.45, 2.75) is 5.75 Å². The molecule has 0 aromatic heterocycles. The van der Waals surface area contributed by atoms with Gasteiger partial charge in [0.15, 0.2) is 0 Å². The minimum Gasteiger partial charge on any atom is -0.487 e. The first-order valence-electron chi connectivity index (χ1n) is 4.06. The van der Waals surface area contributed by atoms with Crippen molar-refractivity contribution < 1.29 is 13.2 Å². The molecule has 0 saturated carbocycles. The van der Waals surface area contributed by atoms with Gasteiger partial charge in [-0.15, -0.1) is 0 Å². The minimum absolute atomic E-state index is 0.0689.